The normalized spacial score (nSPS) is 12.8. The van der Waals surface area contributed by atoms with Crippen molar-refractivity contribution >= 4 is 6.47 Å². The van der Waals surface area contributed by atoms with Gasteiger partial charge in [0.25, 0.3) is 0 Å². The van der Waals surface area contributed by atoms with Gasteiger partial charge in [-0.05, 0) is 18.3 Å². The molecule has 0 saturated heterocycles. The molecule has 0 aliphatic carbocycles. The molecule has 28 heavy (non-hydrogen) atoms. The van der Waals surface area contributed by atoms with Gasteiger partial charge in [0.1, 0.15) is 0 Å². The summed E-state index contributed by atoms with van der Waals surface area (Å²) in [5, 5.41) is 0. The maximum atomic E-state index is 9.76. The summed E-state index contributed by atoms with van der Waals surface area (Å²) in [4.78, 5) is 14.1. The third-order valence-electron chi connectivity index (χ3n) is 5.46. The van der Waals surface area contributed by atoms with Crippen molar-refractivity contribution in [1.29, 1.82) is 0 Å². The van der Waals surface area contributed by atoms with Crippen LogP contribution in [0.3, 0.4) is 0 Å². The van der Waals surface area contributed by atoms with E-state index < -0.39 is 0 Å². The first kappa shape index (κ1) is 29.6. The van der Waals surface area contributed by atoms with Crippen molar-refractivity contribution in [1.82, 2.24) is 5.48 Å². The third-order valence-corrected chi connectivity index (χ3v) is 5.46. The molecule has 3 nitrogen and oxygen atoms in total. The molecule has 0 bridgehead atoms. The van der Waals surface area contributed by atoms with E-state index in [9.17, 15) is 4.79 Å². The monoisotopic (exact) mass is 399 g/mol. The van der Waals surface area contributed by atoms with Crippen LogP contribution in [0, 0.1) is 11.8 Å². The van der Waals surface area contributed by atoms with Gasteiger partial charge in [-0.1, -0.05) is 131 Å². The first-order valence-electron chi connectivity index (χ1n) is 12.4. The Morgan fingerprint density at radius 1 is 0.643 bits per heavy atom. The Hall–Kier alpha value is -0.570. The Balaban J connectivity index is 0. The van der Waals surface area contributed by atoms with Crippen LogP contribution in [0.15, 0.2) is 0 Å². The average molecular weight is 400 g/mol. The molecule has 0 saturated carbocycles. The number of nitrogens with one attached hydrogen (secondary N) is 1. The van der Waals surface area contributed by atoms with Crippen molar-refractivity contribution in [2.75, 3.05) is 6.54 Å². The van der Waals surface area contributed by atoms with Crippen LogP contribution in [0.4, 0.5) is 0 Å². The smallest absolute Gasteiger partial charge is 0.312 e. The predicted molar refractivity (Wildman–Crippen MR) is 124 cm³/mol. The largest absolute Gasteiger partial charge is 0.374 e. The minimum Gasteiger partial charge on any atom is -0.374 e. The summed E-state index contributed by atoms with van der Waals surface area (Å²) in [5.41, 5.74) is 2.59. The van der Waals surface area contributed by atoms with Crippen LogP contribution in [-0.4, -0.2) is 13.0 Å². The molecule has 0 aromatic rings. The molecule has 3 heteroatoms. The highest BCUT2D eigenvalue weighted by Crippen LogP contribution is 2.17. The SMILES string of the molecule is CCCCCC(C)CNOC=O.CCCCCCCCC(C)CCCCCC. The molecule has 0 rings (SSSR count). The zero-order valence-corrected chi connectivity index (χ0v) is 20.1. The van der Waals surface area contributed by atoms with E-state index in [1.54, 1.807) is 0 Å². The van der Waals surface area contributed by atoms with Crippen LogP contribution in [0.2, 0.25) is 0 Å². The van der Waals surface area contributed by atoms with E-state index in [4.69, 9.17) is 0 Å². The van der Waals surface area contributed by atoms with E-state index in [0.29, 0.717) is 12.4 Å². The van der Waals surface area contributed by atoms with E-state index in [0.717, 1.165) is 12.5 Å². The van der Waals surface area contributed by atoms with Gasteiger partial charge in [0.2, 0.25) is 0 Å². The quantitative estimate of drug-likeness (QED) is 0.127. The van der Waals surface area contributed by atoms with E-state index >= 15 is 0 Å². The fourth-order valence-corrected chi connectivity index (χ4v) is 3.41. The van der Waals surface area contributed by atoms with Gasteiger partial charge in [0.15, 0.2) is 0 Å². The molecule has 0 aliphatic heterocycles. The van der Waals surface area contributed by atoms with E-state index in [2.05, 4.69) is 44.9 Å². The lowest BCUT2D eigenvalue weighted by Crippen LogP contribution is -2.20. The van der Waals surface area contributed by atoms with E-state index in [1.807, 2.05) is 0 Å². The summed E-state index contributed by atoms with van der Waals surface area (Å²) in [6.07, 6.45) is 22.3. The number of rotatable bonds is 20. The van der Waals surface area contributed by atoms with Crippen LogP contribution < -0.4 is 5.48 Å². The van der Waals surface area contributed by atoms with Gasteiger partial charge in [0.05, 0.1) is 0 Å². The molecule has 0 heterocycles. The molecule has 1 N–H and O–H groups in total. The van der Waals surface area contributed by atoms with Gasteiger partial charge in [-0.3, -0.25) is 4.79 Å². The number of carbonyl (C=O) groups excluding carboxylic acids is 1. The third kappa shape index (κ3) is 27.6. The van der Waals surface area contributed by atoms with Crippen molar-refractivity contribution < 1.29 is 9.63 Å². The Bertz CT molecular complexity index is 284. The van der Waals surface area contributed by atoms with Crippen molar-refractivity contribution in [2.24, 2.45) is 11.8 Å². The molecule has 0 radical (unpaired) electrons. The fourth-order valence-electron chi connectivity index (χ4n) is 3.41. The van der Waals surface area contributed by atoms with Gasteiger partial charge >= 0.3 is 6.47 Å². The molecule has 170 valence electrons. The molecular formula is C25H53NO2. The standard InChI is InChI=1S/C16H34.C9H19NO2/c1-4-6-8-10-11-13-15-16(3)14-12-9-7-5-2;1-3-4-5-6-9(2)7-10-12-8-11/h16H,4-15H2,1-3H3;8-10H,3-7H2,1-2H3. The van der Waals surface area contributed by atoms with Crippen LogP contribution in [0.5, 0.6) is 0 Å². The first-order valence-corrected chi connectivity index (χ1v) is 12.4. The van der Waals surface area contributed by atoms with Crippen LogP contribution >= 0.6 is 0 Å². The second-order valence-corrected chi connectivity index (χ2v) is 8.67. The zero-order valence-electron chi connectivity index (χ0n) is 20.1. The van der Waals surface area contributed by atoms with E-state index in [-0.39, 0.29) is 0 Å². The summed E-state index contributed by atoms with van der Waals surface area (Å²) < 4.78 is 0. The first-order chi connectivity index (χ1) is 13.6. The summed E-state index contributed by atoms with van der Waals surface area (Å²) in [6.45, 7) is 12.5. The zero-order chi connectivity index (χ0) is 21.3. The predicted octanol–water partition coefficient (Wildman–Crippen LogP) is 8.22. The lowest BCUT2D eigenvalue weighted by atomic mass is 9.96. The topological polar surface area (TPSA) is 38.3 Å². The van der Waals surface area contributed by atoms with Crippen LogP contribution in [-0.2, 0) is 9.63 Å². The van der Waals surface area contributed by atoms with Gasteiger partial charge in [0, 0.05) is 6.54 Å². The summed E-state index contributed by atoms with van der Waals surface area (Å²) in [5.74, 6) is 1.56. The molecule has 0 aliphatic rings. The summed E-state index contributed by atoms with van der Waals surface area (Å²) in [6, 6.07) is 0. The lowest BCUT2D eigenvalue weighted by molar-refractivity contribution is -0.135. The highest BCUT2D eigenvalue weighted by Gasteiger charge is 2.02. The maximum Gasteiger partial charge on any atom is 0.312 e. The number of hydrogen-bond acceptors (Lipinski definition) is 3. The number of unbranched alkanes of at least 4 members (excludes halogenated alkanes) is 10. The number of carbonyl (C=O) groups is 1. The summed E-state index contributed by atoms with van der Waals surface area (Å²) >= 11 is 0. The van der Waals surface area contributed by atoms with Crippen LogP contribution in [0.25, 0.3) is 0 Å². The molecule has 2 atom stereocenters. The van der Waals surface area contributed by atoms with Crippen molar-refractivity contribution in [3.05, 3.63) is 0 Å². The number of hydrogen-bond donors (Lipinski definition) is 1. The van der Waals surface area contributed by atoms with Gasteiger partial charge < -0.3 is 4.84 Å². The van der Waals surface area contributed by atoms with Crippen molar-refractivity contribution in [3.63, 3.8) is 0 Å². The second kappa shape index (κ2) is 26.4. The second-order valence-electron chi connectivity index (χ2n) is 8.67. The maximum absolute atomic E-state index is 9.76. The summed E-state index contributed by atoms with van der Waals surface area (Å²) in [7, 11) is 0. The highest BCUT2D eigenvalue weighted by atomic mass is 16.7. The van der Waals surface area contributed by atoms with Crippen molar-refractivity contribution in [2.45, 2.75) is 137 Å². The Labute approximate surface area is 177 Å². The minimum absolute atomic E-state index is 0.415. The fraction of sp³-hybridized carbons (Fsp3) is 0.960. The molecule has 0 fully saturated rings. The average Bonchev–Trinajstić information content (AvgIpc) is 2.69. The van der Waals surface area contributed by atoms with Gasteiger partial charge in [-0.2, -0.15) is 5.48 Å². The highest BCUT2D eigenvalue weighted by molar-refractivity contribution is 5.36. The Morgan fingerprint density at radius 3 is 1.57 bits per heavy atom. The van der Waals surface area contributed by atoms with Gasteiger partial charge in [-0.25, -0.2) is 0 Å². The molecule has 0 aromatic heterocycles. The van der Waals surface area contributed by atoms with Crippen LogP contribution in [0.1, 0.15) is 137 Å². The Morgan fingerprint density at radius 2 is 1.04 bits per heavy atom. The molecular weight excluding hydrogens is 346 g/mol. The van der Waals surface area contributed by atoms with Gasteiger partial charge in [-0.15, -0.1) is 0 Å². The van der Waals surface area contributed by atoms with E-state index in [1.165, 1.54) is 103 Å². The molecule has 0 aromatic carbocycles. The molecule has 2 unspecified atom stereocenters. The minimum atomic E-state index is 0.415. The Kier molecular flexibility index (Phi) is 28.0. The lowest BCUT2D eigenvalue weighted by Gasteiger charge is -2.10. The molecule has 0 spiro atoms. The van der Waals surface area contributed by atoms with Crippen molar-refractivity contribution in [3.8, 4) is 0 Å². The number of hydroxylamine groups is 1. The molecule has 0 amide bonds.